The van der Waals surface area contributed by atoms with Crippen molar-refractivity contribution in [2.45, 2.75) is 116 Å². The summed E-state index contributed by atoms with van der Waals surface area (Å²) in [5.74, 6) is -3.43. The van der Waals surface area contributed by atoms with Crippen LogP contribution in [0.5, 0.6) is 0 Å². The third-order valence-corrected chi connectivity index (χ3v) is 8.80. The Labute approximate surface area is 270 Å². The number of ketones is 1. The zero-order valence-electron chi connectivity index (χ0n) is 27.4. The molecule has 2 aliphatic heterocycles. The predicted octanol–water partition coefficient (Wildman–Crippen LogP) is 0.228. The van der Waals surface area contributed by atoms with Gasteiger partial charge < -0.3 is 31.5 Å². The summed E-state index contributed by atoms with van der Waals surface area (Å²) in [6, 6.07) is -4.25. The van der Waals surface area contributed by atoms with Crippen LogP contribution in [0.2, 0.25) is 0 Å². The monoisotopic (exact) mass is 640 g/mol. The van der Waals surface area contributed by atoms with E-state index in [4.69, 9.17) is 0 Å². The maximum absolute atomic E-state index is 14.3. The minimum atomic E-state index is -1.03. The van der Waals surface area contributed by atoms with Gasteiger partial charge in [0.05, 0.1) is 12.2 Å². The van der Waals surface area contributed by atoms with Crippen molar-refractivity contribution < 1.29 is 28.8 Å². The van der Waals surface area contributed by atoms with Crippen LogP contribution in [-0.4, -0.2) is 99.5 Å². The molecule has 2 saturated heterocycles. The molecule has 0 radical (unpaired) electrons. The van der Waals surface area contributed by atoms with E-state index in [2.05, 4.69) is 36.6 Å². The van der Waals surface area contributed by atoms with Crippen molar-refractivity contribution in [1.82, 2.24) is 41.5 Å². The zero-order valence-corrected chi connectivity index (χ0v) is 27.4. The second-order valence-corrected chi connectivity index (χ2v) is 13.6. The molecule has 3 heterocycles. The Balaban J connectivity index is 1.52. The molecule has 3 aliphatic rings. The minimum Gasteiger partial charge on any atom is -0.347 e. The molecular formula is C32H48N8O6. The number of hydrogen-bond acceptors (Lipinski definition) is 9. The lowest BCUT2D eigenvalue weighted by Crippen LogP contribution is -2.62. The van der Waals surface area contributed by atoms with Crippen LogP contribution in [0.3, 0.4) is 0 Å². The van der Waals surface area contributed by atoms with E-state index >= 15 is 0 Å². The highest BCUT2D eigenvalue weighted by molar-refractivity contribution is 6.38. The largest absolute Gasteiger partial charge is 0.347 e. The van der Waals surface area contributed by atoms with Crippen molar-refractivity contribution in [3.8, 4) is 0 Å². The van der Waals surface area contributed by atoms with E-state index < -0.39 is 64.9 Å². The molecule has 252 valence electrons. The summed E-state index contributed by atoms with van der Waals surface area (Å²) in [4.78, 5) is 89.7. The standard InChI is InChI=1S/C32H48N8O6/c1-6-8-20(25(41)30(45)36-19-10-11-19)37-29(44)24-23-18(12-13-35-23)17-40(24)31(46)26(32(3,4)5)39-27(42)21(9-7-2)38-28(43)22-16-33-14-15-34-22/h14-16,18-21,23-24,26,35H,6-13,17H2,1-5H3,(H,36,45)(H,37,44)(H,38,43)(H,39,42)/t18-,20-,21-,23-,24-,26+/m0/s1. The Morgan fingerprint density at radius 3 is 2.26 bits per heavy atom. The molecule has 1 saturated carbocycles. The third kappa shape index (κ3) is 8.45. The van der Waals surface area contributed by atoms with Crippen LogP contribution < -0.4 is 26.6 Å². The van der Waals surface area contributed by atoms with Crippen LogP contribution in [0, 0.1) is 11.3 Å². The summed E-state index contributed by atoms with van der Waals surface area (Å²) in [5.41, 5.74) is -0.693. The van der Waals surface area contributed by atoms with Crippen molar-refractivity contribution in [1.29, 1.82) is 0 Å². The number of fused-ring (bicyclic) bond motifs is 1. The molecule has 1 aromatic rings. The average molecular weight is 641 g/mol. The first kappa shape index (κ1) is 34.9. The van der Waals surface area contributed by atoms with E-state index in [1.165, 1.54) is 23.5 Å². The lowest BCUT2D eigenvalue weighted by atomic mass is 9.85. The summed E-state index contributed by atoms with van der Waals surface area (Å²) in [6.45, 7) is 10.2. The number of amides is 5. The zero-order chi connectivity index (χ0) is 33.6. The SMILES string of the molecule is CCC[C@H](NC(=O)c1cnccn1)C(=O)N[C@H](C(=O)N1C[C@@H]2CCN[C@@H]2[C@H]1C(=O)N[C@@H](CCC)C(=O)C(=O)NC1CC1)C(C)(C)C. The molecule has 1 aliphatic carbocycles. The predicted molar refractivity (Wildman–Crippen MR) is 168 cm³/mol. The maximum Gasteiger partial charge on any atom is 0.289 e. The topological polar surface area (TPSA) is 192 Å². The molecule has 3 fully saturated rings. The van der Waals surface area contributed by atoms with Gasteiger partial charge in [-0.3, -0.25) is 33.8 Å². The van der Waals surface area contributed by atoms with E-state index in [0.29, 0.717) is 32.4 Å². The van der Waals surface area contributed by atoms with Crippen LogP contribution in [0.4, 0.5) is 0 Å². The van der Waals surface area contributed by atoms with Crippen molar-refractivity contribution in [3.63, 3.8) is 0 Å². The minimum absolute atomic E-state index is 0.00243. The normalized spacial score (nSPS) is 22.6. The first-order valence-electron chi connectivity index (χ1n) is 16.4. The van der Waals surface area contributed by atoms with Gasteiger partial charge >= 0.3 is 0 Å². The first-order chi connectivity index (χ1) is 21.8. The second-order valence-electron chi connectivity index (χ2n) is 13.6. The van der Waals surface area contributed by atoms with Crippen LogP contribution in [0.25, 0.3) is 0 Å². The molecular weight excluding hydrogens is 592 g/mol. The molecule has 6 atom stereocenters. The first-order valence-corrected chi connectivity index (χ1v) is 16.4. The van der Waals surface area contributed by atoms with Crippen molar-refractivity contribution in [2.75, 3.05) is 13.1 Å². The molecule has 5 N–H and O–H groups in total. The van der Waals surface area contributed by atoms with Gasteiger partial charge in [0.1, 0.15) is 23.8 Å². The highest BCUT2D eigenvalue weighted by Gasteiger charge is 2.52. The van der Waals surface area contributed by atoms with Gasteiger partial charge in [-0.1, -0.05) is 47.5 Å². The number of nitrogens with zero attached hydrogens (tertiary/aromatic N) is 3. The molecule has 46 heavy (non-hydrogen) atoms. The number of likely N-dealkylation sites (tertiary alicyclic amines) is 1. The molecule has 0 unspecified atom stereocenters. The fourth-order valence-corrected chi connectivity index (χ4v) is 6.17. The van der Waals surface area contributed by atoms with E-state index in [0.717, 1.165) is 19.3 Å². The third-order valence-electron chi connectivity index (χ3n) is 8.80. The summed E-state index contributed by atoms with van der Waals surface area (Å²) in [6.07, 6.45) is 8.31. The van der Waals surface area contributed by atoms with E-state index in [1.807, 2.05) is 34.6 Å². The summed E-state index contributed by atoms with van der Waals surface area (Å²) >= 11 is 0. The Morgan fingerprint density at radius 1 is 0.957 bits per heavy atom. The van der Waals surface area contributed by atoms with Gasteiger partial charge in [0.15, 0.2) is 0 Å². The molecule has 14 heteroatoms. The van der Waals surface area contributed by atoms with Gasteiger partial charge in [0.2, 0.25) is 23.5 Å². The Kier molecular flexibility index (Phi) is 11.5. The van der Waals surface area contributed by atoms with Gasteiger partial charge in [-0.05, 0) is 50.0 Å². The molecule has 0 spiro atoms. The quantitative estimate of drug-likeness (QED) is 0.177. The molecule has 5 amide bonds. The van der Waals surface area contributed by atoms with E-state index in [-0.39, 0.29) is 30.1 Å². The number of carbonyl (C=O) groups is 6. The lowest BCUT2D eigenvalue weighted by Gasteiger charge is -2.37. The molecule has 4 rings (SSSR count). The van der Waals surface area contributed by atoms with Crippen molar-refractivity contribution in [3.05, 3.63) is 24.3 Å². The fraction of sp³-hybridized carbons (Fsp3) is 0.688. The average Bonchev–Trinajstić information content (AvgIpc) is 3.58. The number of rotatable bonds is 14. The highest BCUT2D eigenvalue weighted by atomic mass is 16.2. The number of Topliss-reactive ketones (excluding diaryl/α,β-unsaturated/α-hetero) is 1. The van der Waals surface area contributed by atoms with Crippen LogP contribution in [-0.2, 0) is 24.0 Å². The molecule has 0 aromatic carbocycles. The Bertz CT molecular complexity index is 1300. The van der Waals surface area contributed by atoms with E-state index in [1.54, 1.807) is 0 Å². The van der Waals surface area contributed by atoms with Gasteiger partial charge in [0.25, 0.3) is 11.8 Å². The smallest absolute Gasteiger partial charge is 0.289 e. The number of carbonyl (C=O) groups excluding carboxylic acids is 6. The van der Waals surface area contributed by atoms with Gasteiger partial charge in [0, 0.05) is 31.0 Å². The number of nitrogens with one attached hydrogen (secondary N) is 5. The van der Waals surface area contributed by atoms with Gasteiger partial charge in [-0.25, -0.2) is 4.98 Å². The molecule has 0 bridgehead atoms. The summed E-state index contributed by atoms with van der Waals surface area (Å²) < 4.78 is 0. The molecule has 14 nitrogen and oxygen atoms in total. The van der Waals surface area contributed by atoms with Gasteiger partial charge in [-0.15, -0.1) is 0 Å². The lowest BCUT2D eigenvalue weighted by molar-refractivity contribution is -0.145. The number of aromatic nitrogens is 2. The van der Waals surface area contributed by atoms with Gasteiger partial charge in [-0.2, -0.15) is 0 Å². The van der Waals surface area contributed by atoms with Crippen molar-refractivity contribution >= 4 is 35.3 Å². The van der Waals surface area contributed by atoms with Crippen molar-refractivity contribution in [2.24, 2.45) is 11.3 Å². The maximum atomic E-state index is 14.3. The van der Waals surface area contributed by atoms with Crippen LogP contribution in [0.15, 0.2) is 18.6 Å². The Morgan fingerprint density at radius 2 is 1.65 bits per heavy atom. The fourth-order valence-electron chi connectivity index (χ4n) is 6.17. The van der Waals surface area contributed by atoms with Crippen LogP contribution >= 0.6 is 0 Å². The summed E-state index contributed by atoms with van der Waals surface area (Å²) in [7, 11) is 0. The highest BCUT2D eigenvalue weighted by Crippen LogP contribution is 2.33. The number of hydrogen-bond donors (Lipinski definition) is 5. The second kappa shape index (κ2) is 15.1. The molecule has 1 aromatic heterocycles. The van der Waals surface area contributed by atoms with E-state index in [9.17, 15) is 28.8 Å². The summed E-state index contributed by atoms with van der Waals surface area (Å²) in [5, 5.41) is 14.4. The Hall–Kier alpha value is -3.94. The van der Waals surface area contributed by atoms with Crippen LogP contribution in [0.1, 0.15) is 90.1 Å².